The summed E-state index contributed by atoms with van der Waals surface area (Å²) in [5, 5.41) is 5.93. The van der Waals surface area contributed by atoms with Crippen LogP contribution < -0.4 is 10.9 Å². The van der Waals surface area contributed by atoms with Crippen molar-refractivity contribution in [3.63, 3.8) is 0 Å². The van der Waals surface area contributed by atoms with E-state index in [1.807, 2.05) is 24.4 Å². The number of hydrogen-bond donors (Lipinski definition) is 1. The normalized spacial score (nSPS) is 11.1. The van der Waals surface area contributed by atoms with Crippen LogP contribution in [0.2, 0.25) is 5.02 Å². The van der Waals surface area contributed by atoms with Crippen molar-refractivity contribution in [3.05, 3.63) is 50.6 Å². The van der Waals surface area contributed by atoms with Crippen LogP contribution in [0.5, 0.6) is 0 Å². The highest BCUT2D eigenvalue weighted by atomic mass is 35.5. The van der Waals surface area contributed by atoms with E-state index in [4.69, 9.17) is 11.6 Å². The lowest BCUT2D eigenvalue weighted by Crippen LogP contribution is -2.23. The first-order chi connectivity index (χ1) is 13.0. The van der Waals surface area contributed by atoms with Gasteiger partial charge in [-0.15, -0.1) is 11.3 Å². The van der Waals surface area contributed by atoms with Gasteiger partial charge in [-0.1, -0.05) is 42.8 Å². The lowest BCUT2D eigenvalue weighted by atomic mass is 10.2. The van der Waals surface area contributed by atoms with Crippen molar-refractivity contribution in [1.82, 2.24) is 9.55 Å². The molecule has 0 unspecified atom stereocenters. The first-order valence-corrected chi connectivity index (χ1v) is 10.9. The van der Waals surface area contributed by atoms with Crippen LogP contribution in [0.15, 0.2) is 39.6 Å². The fourth-order valence-electron chi connectivity index (χ4n) is 2.61. The van der Waals surface area contributed by atoms with Crippen LogP contribution in [0.25, 0.3) is 10.2 Å². The standard InChI is InChI=1S/C19H20ClN3O2S2/c1-3-4-9-23-18(25)17-15(8-10-26-17)22-19(23)27-11-16(24)21-14-7-5-6-13(20)12(14)2/h5-8,10H,3-4,9,11H2,1-2H3,(H,21,24). The van der Waals surface area contributed by atoms with Gasteiger partial charge in [-0.25, -0.2) is 4.98 Å². The van der Waals surface area contributed by atoms with Gasteiger partial charge in [0.15, 0.2) is 5.16 Å². The Hall–Kier alpha value is -1.83. The highest BCUT2D eigenvalue weighted by molar-refractivity contribution is 7.99. The summed E-state index contributed by atoms with van der Waals surface area (Å²) in [7, 11) is 0. The van der Waals surface area contributed by atoms with E-state index in [9.17, 15) is 9.59 Å². The van der Waals surface area contributed by atoms with Crippen LogP contribution in [0.4, 0.5) is 5.69 Å². The Morgan fingerprint density at radius 1 is 1.37 bits per heavy atom. The molecule has 0 spiro atoms. The van der Waals surface area contributed by atoms with Crippen molar-refractivity contribution < 1.29 is 4.79 Å². The Labute approximate surface area is 170 Å². The van der Waals surface area contributed by atoms with Crippen molar-refractivity contribution in [2.45, 2.75) is 38.4 Å². The Morgan fingerprint density at radius 2 is 2.19 bits per heavy atom. The van der Waals surface area contributed by atoms with Gasteiger partial charge < -0.3 is 5.32 Å². The molecule has 27 heavy (non-hydrogen) atoms. The number of nitrogens with zero attached hydrogens (tertiary/aromatic N) is 2. The molecule has 142 valence electrons. The van der Waals surface area contributed by atoms with Crippen LogP contribution in [0, 0.1) is 6.92 Å². The molecule has 3 rings (SSSR count). The predicted molar refractivity (Wildman–Crippen MR) is 114 cm³/mol. The van der Waals surface area contributed by atoms with Crippen LogP contribution in [-0.2, 0) is 11.3 Å². The van der Waals surface area contributed by atoms with Crippen molar-refractivity contribution in [1.29, 1.82) is 0 Å². The number of nitrogens with one attached hydrogen (secondary N) is 1. The minimum Gasteiger partial charge on any atom is -0.325 e. The number of carbonyl (C=O) groups is 1. The minimum atomic E-state index is -0.160. The molecule has 0 radical (unpaired) electrons. The molecular formula is C19H20ClN3O2S2. The van der Waals surface area contributed by atoms with Gasteiger partial charge in [0.05, 0.1) is 11.3 Å². The fraction of sp³-hybridized carbons (Fsp3) is 0.316. The third-order valence-electron chi connectivity index (χ3n) is 4.14. The minimum absolute atomic E-state index is 0.0305. The summed E-state index contributed by atoms with van der Waals surface area (Å²) in [5.74, 6) is 0.00671. The fourth-order valence-corrected chi connectivity index (χ4v) is 4.38. The summed E-state index contributed by atoms with van der Waals surface area (Å²) in [4.78, 5) is 29.7. The largest absolute Gasteiger partial charge is 0.325 e. The number of hydrogen-bond acceptors (Lipinski definition) is 5. The number of fused-ring (bicyclic) bond motifs is 1. The van der Waals surface area contributed by atoms with Gasteiger partial charge in [0.2, 0.25) is 5.91 Å². The number of halogens is 1. The molecule has 0 saturated carbocycles. The highest BCUT2D eigenvalue weighted by Gasteiger charge is 2.14. The van der Waals surface area contributed by atoms with Gasteiger partial charge >= 0.3 is 0 Å². The second-order valence-corrected chi connectivity index (χ2v) is 8.35. The van der Waals surface area contributed by atoms with Crippen LogP contribution in [-0.4, -0.2) is 21.2 Å². The molecule has 0 fully saturated rings. The molecule has 3 aromatic rings. The van der Waals surface area contributed by atoms with Crippen molar-refractivity contribution >= 4 is 56.5 Å². The number of rotatable bonds is 7. The average Bonchev–Trinajstić information content (AvgIpc) is 3.12. The first kappa shape index (κ1) is 19.9. The van der Waals surface area contributed by atoms with E-state index >= 15 is 0 Å². The van der Waals surface area contributed by atoms with Crippen molar-refractivity contribution in [2.24, 2.45) is 0 Å². The topological polar surface area (TPSA) is 64.0 Å². The summed E-state index contributed by atoms with van der Waals surface area (Å²) in [5.41, 5.74) is 2.18. The van der Waals surface area contributed by atoms with E-state index in [-0.39, 0.29) is 17.2 Å². The number of unbranched alkanes of at least 4 members (excludes halogenated alkanes) is 1. The summed E-state index contributed by atoms with van der Waals surface area (Å²) in [6.07, 6.45) is 1.87. The summed E-state index contributed by atoms with van der Waals surface area (Å²) in [6.45, 7) is 4.54. The molecule has 0 saturated heterocycles. The zero-order chi connectivity index (χ0) is 19.4. The number of thioether (sulfide) groups is 1. The molecule has 0 bridgehead atoms. The van der Waals surface area contributed by atoms with Gasteiger partial charge in [-0.3, -0.25) is 14.2 Å². The summed E-state index contributed by atoms with van der Waals surface area (Å²) >= 11 is 8.78. The SMILES string of the molecule is CCCCn1c(SCC(=O)Nc2cccc(Cl)c2C)nc2ccsc2c1=O. The third-order valence-corrected chi connectivity index (χ3v) is 6.42. The molecule has 0 aliphatic heterocycles. The molecule has 0 atom stereocenters. The van der Waals surface area contributed by atoms with Gasteiger partial charge in [-0.05, 0) is 42.5 Å². The van der Waals surface area contributed by atoms with Gasteiger partial charge in [0.1, 0.15) is 4.70 Å². The van der Waals surface area contributed by atoms with Gasteiger partial charge in [-0.2, -0.15) is 0 Å². The quantitative estimate of drug-likeness (QED) is 0.433. The number of carbonyl (C=O) groups excluding carboxylic acids is 1. The van der Waals surface area contributed by atoms with Crippen LogP contribution in [0.1, 0.15) is 25.3 Å². The molecular weight excluding hydrogens is 402 g/mol. The van der Waals surface area contributed by atoms with E-state index in [0.717, 1.165) is 18.4 Å². The average molecular weight is 422 g/mol. The Kier molecular flexibility index (Phi) is 6.57. The maximum absolute atomic E-state index is 12.7. The monoisotopic (exact) mass is 421 g/mol. The molecule has 0 aliphatic rings. The van der Waals surface area contributed by atoms with Gasteiger partial charge in [0.25, 0.3) is 5.56 Å². The Morgan fingerprint density at radius 3 is 2.96 bits per heavy atom. The highest BCUT2D eigenvalue weighted by Crippen LogP contribution is 2.24. The second-order valence-electron chi connectivity index (χ2n) is 6.09. The number of benzene rings is 1. The Bertz CT molecular complexity index is 1030. The lowest BCUT2D eigenvalue weighted by molar-refractivity contribution is -0.113. The number of amides is 1. The maximum Gasteiger partial charge on any atom is 0.272 e. The van der Waals surface area contributed by atoms with Crippen LogP contribution in [0.3, 0.4) is 0 Å². The van der Waals surface area contributed by atoms with Gasteiger partial charge in [0, 0.05) is 17.3 Å². The molecule has 2 aromatic heterocycles. The zero-order valence-corrected chi connectivity index (χ0v) is 17.5. The molecule has 1 N–H and O–H groups in total. The number of thiophene rings is 1. The van der Waals surface area contributed by atoms with E-state index in [2.05, 4.69) is 17.2 Å². The van der Waals surface area contributed by atoms with E-state index in [1.165, 1.54) is 23.1 Å². The van der Waals surface area contributed by atoms with Crippen molar-refractivity contribution in [2.75, 3.05) is 11.1 Å². The molecule has 5 nitrogen and oxygen atoms in total. The van der Waals surface area contributed by atoms with Crippen molar-refractivity contribution in [3.8, 4) is 0 Å². The summed E-state index contributed by atoms with van der Waals surface area (Å²) in [6, 6.07) is 7.24. The maximum atomic E-state index is 12.7. The number of anilines is 1. The molecule has 1 aromatic carbocycles. The smallest absolute Gasteiger partial charge is 0.272 e. The third kappa shape index (κ3) is 4.54. The zero-order valence-electron chi connectivity index (χ0n) is 15.1. The first-order valence-electron chi connectivity index (χ1n) is 8.67. The summed E-state index contributed by atoms with van der Waals surface area (Å²) < 4.78 is 2.35. The lowest BCUT2D eigenvalue weighted by Gasteiger charge is -2.12. The Balaban J connectivity index is 1.78. The molecule has 0 aliphatic carbocycles. The van der Waals surface area contributed by atoms with E-state index < -0.39 is 0 Å². The van der Waals surface area contributed by atoms with Crippen LogP contribution >= 0.6 is 34.7 Å². The van der Waals surface area contributed by atoms with E-state index in [0.29, 0.717) is 32.6 Å². The van der Waals surface area contributed by atoms with E-state index in [1.54, 1.807) is 16.7 Å². The number of aromatic nitrogens is 2. The molecule has 2 heterocycles. The predicted octanol–water partition coefficient (Wildman–Crippen LogP) is 4.95. The molecule has 1 amide bonds. The molecule has 8 heteroatoms. The second kappa shape index (κ2) is 8.91.